The van der Waals surface area contributed by atoms with Crippen LogP contribution < -0.4 is 0 Å². The van der Waals surface area contributed by atoms with Gasteiger partial charge < -0.3 is 19.3 Å². The number of amides is 2. The van der Waals surface area contributed by atoms with Gasteiger partial charge in [0.25, 0.3) is 11.8 Å². The van der Waals surface area contributed by atoms with E-state index in [1.807, 2.05) is 0 Å². The van der Waals surface area contributed by atoms with Gasteiger partial charge in [-0.15, -0.1) is 0 Å². The average molecular weight is 423 g/mol. The molecule has 0 atom stereocenters. The number of hydrogen-bond acceptors (Lipinski definition) is 5. The number of hydrogen-bond donors (Lipinski definition) is 1. The minimum atomic E-state index is -1.20. The molecule has 2 aromatic carbocycles. The van der Waals surface area contributed by atoms with E-state index in [1.165, 1.54) is 12.1 Å². The highest BCUT2D eigenvalue weighted by molar-refractivity contribution is 5.95. The molecule has 0 unspecified atom stereocenters. The smallest absolute Gasteiger partial charge is 0.254 e. The van der Waals surface area contributed by atoms with Crippen molar-refractivity contribution in [1.29, 1.82) is 0 Å². The Morgan fingerprint density at radius 2 is 1.68 bits per heavy atom. The summed E-state index contributed by atoms with van der Waals surface area (Å²) in [7, 11) is 0. The zero-order valence-electron chi connectivity index (χ0n) is 16.9. The zero-order chi connectivity index (χ0) is 21.6. The van der Waals surface area contributed by atoms with E-state index >= 15 is 0 Å². The number of piperazine rings is 1. The van der Waals surface area contributed by atoms with E-state index in [2.05, 4.69) is 4.98 Å². The molecular formula is C23H22FN3O4. The number of aromatic nitrogens is 1. The molecule has 1 aliphatic heterocycles. The molecule has 0 spiro atoms. The molecule has 160 valence electrons. The predicted molar refractivity (Wildman–Crippen MR) is 111 cm³/mol. The van der Waals surface area contributed by atoms with Gasteiger partial charge >= 0.3 is 0 Å². The third-order valence-corrected chi connectivity index (χ3v) is 6.16. The van der Waals surface area contributed by atoms with E-state index < -0.39 is 5.60 Å². The monoisotopic (exact) mass is 423 g/mol. The molecule has 8 heteroatoms. The summed E-state index contributed by atoms with van der Waals surface area (Å²) in [5.41, 5.74) is 0.962. The molecule has 2 amide bonds. The van der Waals surface area contributed by atoms with E-state index in [0.717, 1.165) is 6.42 Å². The van der Waals surface area contributed by atoms with Crippen LogP contribution >= 0.6 is 0 Å². The molecule has 3 aromatic rings. The van der Waals surface area contributed by atoms with Crippen molar-refractivity contribution in [3.63, 3.8) is 0 Å². The molecule has 1 aliphatic carbocycles. The van der Waals surface area contributed by atoms with Crippen molar-refractivity contribution in [3.05, 3.63) is 53.8 Å². The van der Waals surface area contributed by atoms with E-state index in [0.29, 0.717) is 67.1 Å². The summed E-state index contributed by atoms with van der Waals surface area (Å²) < 4.78 is 19.0. The lowest BCUT2D eigenvalue weighted by Crippen LogP contribution is -2.58. The lowest BCUT2D eigenvalue weighted by atomic mass is 9.79. The standard InChI is InChI=1S/C23H22FN3O4/c24-17-6-7-18-19(14-17)31-20(25-18)15-2-4-16(5-3-15)21(28)26-10-12-27(13-11-26)22(29)23(30)8-1-9-23/h2-7,14,30H,1,8-13H2. The first-order valence-electron chi connectivity index (χ1n) is 10.4. The van der Waals surface area contributed by atoms with Gasteiger partial charge in [-0.1, -0.05) is 0 Å². The van der Waals surface area contributed by atoms with Crippen LogP contribution in [0.15, 0.2) is 46.9 Å². The number of benzene rings is 2. The molecule has 1 saturated carbocycles. The van der Waals surface area contributed by atoms with Crippen LogP contribution in [0.25, 0.3) is 22.6 Å². The van der Waals surface area contributed by atoms with Crippen molar-refractivity contribution in [2.45, 2.75) is 24.9 Å². The Morgan fingerprint density at radius 1 is 1.00 bits per heavy atom. The maximum absolute atomic E-state index is 13.4. The minimum Gasteiger partial charge on any atom is -0.436 e. The summed E-state index contributed by atoms with van der Waals surface area (Å²) >= 11 is 0. The first kappa shape index (κ1) is 19.7. The predicted octanol–water partition coefficient (Wildman–Crippen LogP) is 2.83. The Labute approximate surface area is 178 Å². The van der Waals surface area contributed by atoms with Crippen LogP contribution in [0.3, 0.4) is 0 Å². The maximum atomic E-state index is 13.4. The minimum absolute atomic E-state index is 0.111. The third-order valence-electron chi connectivity index (χ3n) is 6.16. The molecule has 31 heavy (non-hydrogen) atoms. The van der Waals surface area contributed by atoms with Gasteiger partial charge in [-0.05, 0) is 55.7 Å². The van der Waals surface area contributed by atoms with Crippen molar-refractivity contribution in [3.8, 4) is 11.5 Å². The van der Waals surface area contributed by atoms with Crippen LogP contribution in [0.4, 0.5) is 4.39 Å². The molecule has 7 nitrogen and oxygen atoms in total. The van der Waals surface area contributed by atoms with Crippen molar-refractivity contribution in [2.75, 3.05) is 26.2 Å². The van der Waals surface area contributed by atoms with Crippen LogP contribution in [-0.4, -0.2) is 63.5 Å². The second kappa shape index (κ2) is 7.46. The summed E-state index contributed by atoms with van der Waals surface area (Å²) in [5.74, 6) is -0.352. The number of carbonyl (C=O) groups is 2. The second-order valence-corrected chi connectivity index (χ2v) is 8.18. The summed E-state index contributed by atoms with van der Waals surface area (Å²) in [6.45, 7) is 1.70. The highest BCUT2D eigenvalue weighted by Gasteiger charge is 2.45. The Kier molecular flexibility index (Phi) is 4.74. The van der Waals surface area contributed by atoms with Crippen LogP contribution in [0.2, 0.25) is 0 Å². The largest absolute Gasteiger partial charge is 0.436 e. The van der Waals surface area contributed by atoms with E-state index in [1.54, 1.807) is 40.1 Å². The van der Waals surface area contributed by atoms with E-state index in [-0.39, 0.29) is 17.6 Å². The number of aliphatic hydroxyl groups is 1. The first-order valence-corrected chi connectivity index (χ1v) is 10.4. The van der Waals surface area contributed by atoms with Gasteiger partial charge in [0, 0.05) is 43.4 Å². The van der Waals surface area contributed by atoms with Gasteiger partial charge in [0.05, 0.1) is 0 Å². The third kappa shape index (κ3) is 3.57. The fraction of sp³-hybridized carbons (Fsp3) is 0.348. The fourth-order valence-corrected chi connectivity index (χ4v) is 4.09. The lowest BCUT2D eigenvalue weighted by Gasteiger charge is -2.42. The highest BCUT2D eigenvalue weighted by Crippen LogP contribution is 2.33. The number of carbonyl (C=O) groups excluding carboxylic acids is 2. The molecule has 1 saturated heterocycles. The fourth-order valence-electron chi connectivity index (χ4n) is 4.09. The van der Waals surface area contributed by atoms with Crippen molar-refractivity contribution in [2.24, 2.45) is 0 Å². The average Bonchev–Trinajstić information content (AvgIpc) is 3.20. The van der Waals surface area contributed by atoms with Gasteiger partial charge in [0.1, 0.15) is 16.9 Å². The molecule has 2 heterocycles. The second-order valence-electron chi connectivity index (χ2n) is 8.18. The Hall–Kier alpha value is -3.26. The Bertz CT molecular complexity index is 1150. The quantitative estimate of drug-likeness (QED) is 0.700. The SMILES string of the molecule is O=C(c1ccc(-c2nc3ccc(F)cc3o2)cc1)N1CCN(C(=O)C2(O)CCC2)CC1. The Morgan fingerprint density at radius 3 is 2.32 bits per heavy atom. The number of oxazole rings is 1. The molecular weight excluding hydrogens is 401 g/mol. The van der Waals surface area contributed by atoms with Crippen LogP contribution in [0.5, 0.6) is 0 Å². The van der Waals surface area contributed by atoms with Gasteiger partial charge in [-0.2, -0.15) is 0 Å². The molecule has 2 aliphatic rings. The first-order chi connectivity index (χ1) is 14.9. The topological polar surface area (TPSA) is 86.9 Å². The van der Waals surface area contributed by atoms with Crippen molar-refractivity contribution >= 4 is 22.9 Å². The summed E-state index contributed by atoms with van der Waals surface area (Å²) in [4.78, 5) is 33.0. The number of rotatable bonds is 3. The number of fused-ring (bicyclic) bond motifs is 1. The van der Waals surface area contributed by atoms with E-state index in [4.69, 9.17) is 4.42 Å². The van der Waals surface area contributed by atoms with Crippen LogP contribution in [0, 0.1) is 5.82 Å². The zero-order valence-corrected chi connectivity index (χ0v) is 16.9. The summed E-state index contributed by atoms with van der Waals surface area (Å²) in [6.07, 6.45) is 1.91. The lowest BCUT2D eigenvalue weighted by molar-refractivity contribution is -0.161. The summed E-state index contributed by atoms with van der Waals surface area (Å²) in [6, 6.07) is 11.1. The number of nitrogens with zero attached hydrogens (tertiary/aromatic N) is 3. The van der Waals surface area contributed by atoms with Gasteiger partial charge in [0.2, 0.25) is 5.89 Å². The van der Waals surface area contributed by atoms with Gasteiger partial charge in [-0.3, -0.25) is 9.59 Å². The van der Waals surface area contributed by atoms with Crippen molar-refractivity contribution in [1.82, 2.24) is 14.8 Å². The van der Waals surface area contributed by atoms with E-state index in [9.17, 15) is 19.1 Å². The number of halogens is 1. The Balaban J connectivity index is 1.24. The molecule has 5 rings (SSSR count). The summed E-state index contributed by atoms with van der Waals surface area (Å²) in [5, 5.41) is 10.3. The molecule has 0 radical (unpaired) electrons. The van der Waals surface area contributed by atoms with Crippen LogP contribution in [0.1, 0.15) is 29.6 Å². The maximum Gasteiger partial charge on any atom is 0.254 e. The van der Waals surface area contributed by atoms with Crippen LogP contribution in [-0.2, 0) is 4.79 Å². The van der Waals surface area contributed by atoms with Crippen molar-refractivity contribution < 1.29 is 23.5 Å². The molecule has 1 N–H and O–H groups in total. The molecule has 0 bridgehead atoms. The highest BCUT2D eigenvalue weighted by atomic mass is 19.1. The normalized spacial score (nSPS) is 18.1. The van der Waals surface area contributed by atoms with Gasteiger partial charge in [0.15, 0.2) is 5.58 Å². The van der Waals surface area contributed by atoms with Gasteiger partial charge in [-0.25, -0.2) is 9.37 Å². The molecule has 2 fully saturated rings. The molecule has 1 aromatic heterocycles.